The molecule has 2 N–H and O–H groups in total. The minimum atomic E-state index is -0.164. The average molecular weight is 342 g/mol. The number of amides is 1. The van der Waals surface area contributed by atoms with Gasteiger partial charge in [-0.2, -0.15) is 0 Å². The van der Waals surface area contributed by atoms with E-state index in [0.717, 1.165) is 11.3 Å². The standard InChI is InChI=1S/C18H22N4O3/c1-12-8-14(25-2)4-5-15(12)17(24)21-16-10-22(9-13(16)11-23)18-19-6-3-7-20-18/h3-8,13,16,23H,9-11H2,1-2H3,(H,21,24)/t13-,16+/m0/s1. The van der Waals surface area contributed by atoms with Gasteiger partial charge in [-0.25, -0.2) is 9.97 Å². The average Bonchev–Trinajstić information content (AvgIpc) is 3.05. The molecule has 2 aromatic rings. The van der Waals surface area contributed by atoms with Crippen molar-refractivity contribution in [2.45, 2.75) is 13.0 Å². The van der Waals surface area contributed by atoms with Crippen molar-refractivity contribution in [2.75, 3.05) is 31.7 Å². The maximum absolute atomic E-state index is 12.6. The summed E-state index contributed by atoms with van der Waals surface area (Å²) in [4.78, 5) is 23.1. The van der Waals surface area contributed by atoms with Gasteiger partial charge in [-0.05, 0) is 36.8 Å². The van der Waals surface area contributed by atoms with E-state index in [9.17, 15) is 9.90 Å². The molecule has 1 fully saturated rings. The Labute approximate surface area is 146 Å². The molecule has 2 atom stereocenters. The molecule has 1 aromatic carbocycles. The van der Waals surface area contributed by atoms with Gasteiger partial charge in [0.25, 0.3) is 5.91 Å². The van der Waals surface area contributed by atoms with E-state index in [4.69, 9.17) is 4.74 Å². The number of anilines is 1. The minimum absolute atomic E-state index is 0.00409. The second-order valence-electron chi connectivity index (χ2n) is 6.16. The molecule has 1 aliphatic heterocycles. The summed E-state index contributed by atoms with van der Waals surface area (Å²) in [5, 5.41) is 12.7. The number of benzene rings is 1. The zero-order valence-corrected chi connectivity index (χ0v) is 14.3. The highest BCUT2D eigenvalue weighted by Gasteiger charge is 2.34. The molecular formula is C18H22N4O3. The van der Waals surface area contributed by atoms with Crippen molar-refractivity contribution in [1.82, 2.24) is 15.3 Å². The lowest BCUT2D eigenvalue weighted by atomic mass is 10.0. The van der Waals surface area contributed by atoms with E-state index in [1.54, 1.807) is 37.7 Å². The van der Waals surface area contributed by atoms with Crippen molar-refractivity contribution in [3.63, 3.8) is 0 Å². The van der Waals surface area contributed by atoms with Crippen LogP contribution in [0.1, 0.15) is 15.9 Å². The van der Waals surface area contributed by atoms with Crippen LogP contribution >= 0.6 is 0 Å². The molecule has 1 aliphatic rings. The number of hydrogen-bond acceptors (Lipinski definition) is 6. The van der Waals surface area contributed by atoms with Crippen LogP contribution in [0.4, 0.5) is 5.95 Å². The number of hydrogen-bond donors (Lipinski definition) is 2. The highest BCUT2D eigenvalue weighted by atomic mass is 16.5. The maximum Gasteiger partial charge on any atom is 0.251 e. The molecule has 1 saturated heterocycles. The quantitative estimate of drug-likeness (QED) is 0.844. The number of rotatable bonds is 5. The summed E-state index contributed by atoms with van der Waals surface area (Å²) >= 11 is 0. The Kier molecular flexibility index (Phi) is 5.14. The molecule has 2 heterocycles. The van der Waals surface area contributed by atoms with Crippen molar-refractivity contribution in [2.24, 2.45) is 5.92 Å². The zero-order valence-electron chi connectivity index (χ0n) is 14.3. The summed E-state index contributed by atoms with van der Waals surface area (Å²) in [7, 11) is 1.60. The lowest BCUT2D eigenvalue weighted by molar-refractivity contribution is 0.0921. The Hall–Kier alpha value is -2.67. The van der Waals surface area contributed by atoms with E-state index in [2.05, 4.69) is 15.3 Å². The van der Waals surface area contributed by atoms with Crippen LogP contribution < -0.4 is 15.0 Å². The Morgan fingerprint density at radius 1 is 1.36 bits per heavy atom. The first-order chi connectivity index (χ1) is 12.1. The van der Waals surface area contributed by atoms with Crippen LogP contribution in [0.15, 0.2) is 36.7 Å². The Morgan fingerprint density at radius 3 is 2.76 bits per heavy atom. The molecule has 0 bridgehead atoms. The van der Waals surface area contributed by atoms with E-state index < -0.39 is 0 Å². The van der Waals surface area contributed by atoms with Gasteiger partial charge in [0.15, 0.2) is 0 Å². The number of nitrogens with one attached hydrogen (secondary N) is 1. The van der Waals surface area contributed by atoms with Crippen LogP contribution in [0.5, 0.6) is 5.75 Å². The number of nitrogens with zero attached hydrogens (tertiary/aromatic N) is 3. The molecule has 132 valence electrons. The highest BCUT2D eigenvalue weighted by molar-refractivity contribution is 5.96. The van der Waals surface area contributed by atoms with Gasteiger partial charge in [-0.1, -0.05) is 0 Å². The molecule has 0 unspecified atom stereocenters. The van der Waals surface area contributed by atoms with E-state index in [1.165, 1.54) is 0 Å². The van der Waals surface area contributed by atoms with E-state index in [0.29, 0.717) is 24.6 Å². The van der Waals surface area contributed by atoms with Crippen LogP contribution in [-0.2, 0) is 0 Å². The van der Waals surface area contributed by atoms with Gasteiger partial charge in [0, 0.05) is 43.6 Å². The molecule has 0 saturated carbocycles. The fourth-order valence-corrected chi connectivity index (χ4v) is 3.10. The summed E-state index contributed by atoms with van der Waals surface area (Å²) in [6.45, 7) is 3.04. The molecule has 7 nitrogen and oxygen atoms in total. The van der Waals surface area contributed by atoms with Gasteiger partial charge in [0.1, 0.15) is 5.75 Å². The van der Waals surface area contributed by atoms with Crippen molar-refractivity contribution in [1.29, 1.82) is 0 Å². The predicted octanol–water partition coefficient (Wildman–Crippen LogP) is 1.02. The van der Waals surface area contributed by atoms with E-state index >= 15 is 0 Å². The molecule has 1 aromatic heterocycles. The van der Waals surface area contributed by atoms with Gasteiger partial charge >= 0.3 is 0 Å². The molecular weight excluding hydrogens is 320 g/mol. The van der Waals surface area contributed by atoms with Crippen molar-refractivity contribution in [3.05, 3.63) is 47.8 Å². The number of carbonyl (C=O) groups excluding carboxylic acids is 1. The van der Waals surface area contributed by atoms with Gasteiger partial charge < -0.3 is 20.1 Å². The second-order valence-corrected chi connectivity index (χ2v) is 6.16. The van der Waals surface area contributed by atoms with Crippen LogP contribution in [0.2, 0.25) is 0 Å². The number of ether oxygens (including phenoxy) is 1. The van der Waals surface area contributed by atoms with Crippen molar-refractivity contribution < 1.29 is 14.6 Å². The van der Waals surface area contributed by atoms with Crippen LogP contribution in [0, 0.1) is 12.8 Å². The SMILES string of the molecule is COc1ccc(C(=O)N[C@@H]2CN(c3ncccn3)C[C@H]2CO)c(C)c1. The summed E-state index contributed by atoms with van der Waals surface area (Å²) < 4.78 is 5.18. The number of methoxy groups -OCH3 is 1. The number of aromatic nitrogens is 2. The van der Waals surface area contributed by atoms with E-state index in [-0.39, 0.29) is 24.5 Å². The third kappa shape index (κ3) is 3.71. The Morgan fingerprint density at radius 2 is 2.12 bits per heavy atom. The first-order valence-electron chi connectivity index (χ1n) is 8.20. The third-order valence-electron chi connectivity index (χ3n) is 4.51. The molecule has 1 amide bonds. The number of carbonyl (C=O) groups is 1. The second kappa shape index (κ2) is 7.48. The van der Waals surface area contributed by atoms with Crippen LogP contribution in [-0.4, -0.2) is 53.8 Å². The smallest absolute Gasteiger partial charge is 0.251 e. The lowest BCUT2D eigenvalue weighted by Crippen LogP contribution is -2.41. The summed E-state index contributed by atoms with van der Waals surface area (Å²) in [6, 6.07) is 6.95. The predicted molar refractivity (Wildman–Crippen MR) is 93.8 cm³/mol. The fourth-order valence-electron chi connectivity index (χ4n) is 3.10. The zero-order chi connectivity index (χ0) is 17.8. The number of aliphatic hydroxyl groups is 1. The van der Waals surface area contributed by atoms with Gasteiger partial charge in [-0.15, -0.1) is 0 Å². The van der Waals surface area contributed by atoms with Gasteiger partial charge in [-0.3, -0.25) is 4.79 Å². The fraction of sp³-hybridized carbons (Fsp3) is 0.389. The van der Waals surface area contributed by atoms with Crippen molar-refractivity contribution in [3.8, 4) is 5.75 Å². The molecule has 25 heavy (non-hydrogen) atoms. The summed E-state index contributed by atoms with van der Waals surface area (Å²) in [6.07, 6.45) is 3.37. The molecule has 0 aliphatic carbocycles. The van der Waals surface area contributed by atoms with Crippen molar-refractivity contribution >= 4 is 11.9 Å². The Balaban J connectivity index is 1.72. The lowest BCUT2D eigenvalue weighted by Gasteiger charge is -2.18. The summed E-state index contributed by atoms with van der Waals surface area (Å²) in [5.74, 6) is 1.11. The number of aliphatic hydroxyl groups excluding tert-OH is 1. The first-order valence-corrected chi connectivity index (χ1v) is 8.20. The molecule has 0 spiro atoms. The highest BCUT2D eigenvalue weighted by Crippen LogP contribution is 2.22. The minimum Gasteiger partial charge on any atom is -0.497 e. The Bertz CT molecular complexity index is 738. The molecule has 3 rings (SSSR count). The largest absolute Gasteiger partial charge is 0.497 e. The monoisotopic (exact) mass is 342 g/mol. The maximum atomic E-state index is 12.6. The van der Waals surface area contributed by atoms with Gasteiger partial charge in [0.05, 0.1) is 13.2 Å². The molecule has 7 heteroatoms. The topological polar surface area (TPSA) is 87.6 Å². The molecule has 0 radical (unpaired) electrons. The summed E-state index contributed by atoms with van der Waals surface area (Å²) in [5.41, 5.74) is 1.45. The third-order valence-corrected chi connectivity index (χ3v) is 4.51. The van der Waals surface area contributed by atoms with Crippen LogP contribution in [0.25, 0.3) is 0 Å². The normalized spacial score (nSPS) is 19.7. The van der Waals surface area contributed by atoms with Crippen LogP contribution in [0.3, 0.4) is 0 Å². The number of aryl methyl sites for hydroxylation is 1. The van der Waals surface area contributed by atoms with E-state index in [1.807, 2.05) is 17.9 Å². The first kappa shape index (κ1) is 17.2. The van der Waals surface area contributed by atoms with Gasteiger partial charge in [0.2, 0.25) is 5.95 Å².